The molecule has 3 heteroatoms. The Kier molecular flexibility index (Phi) is 4.08. The standard InChI is InChI=1S/C14H17ClO2/c1-10(8-15)9-17-12-5-6-13-11(7-12)3-2-4-14(13)16/h5-8,14,16H,2-4,9H2,1H3/b10-8-. The first-order valence-electron chi connectivity index (χ1n) is 5.90. The van der Waals surface area contributed by atoms with E-state index in [0.29, 0.717) is 6.61 Å². The number of aliphatic hydroxyl groups excluding tert-OH is 1. The molecular formula is C14H17ClO2. The van der Waals surface area contributed by atoms with Gasteiger partial charge in [0.05, 0.1) is 6.10 Å². The lowest BCUT2D eigenvalue weighted by molar-refractivity contribution is 0.156. The number of hydrogen-bond donors (Lipinski definition) is 1. The number of fused-ring (bicyclic) bond motifs is 1. The average Bonchev–Trinajstić information content (AvgIpc) is 2.36. The van der Waals surface area contributed by atoms with Gasteiger partial charge < -0.3 is 9.84 Å². The Labute approximate surface area is 107 Å². The van der Waals surface area contributed by atoms with Gasteiger partial charge in [-0.1, -0.05) is 17.7 Å². The summed E-state index contributed by atoms with van der Waals surface area (Å²) in [5.74, 6) is 0.843. The molecule has 0 amide bonds. The summed E-state index contributed by atoms with van der Waals surface area (Å²) >= 11 is 5.58. The molecule has 0 fully saturated rings. The first-order chi connectivity index (χ1) is 8.20. The van der Waals surface area contributed by atoms with Crippen molar-refractivity contribution in [1.29, 1.82) is 0 Å². The molecule has 0 spiro atoms. The van der Waals surface area contributed by atoms with Crippen LogP contribution >= 0.6 is 11.6 Å². The monoisotopic (exact) mass is 252 g/mol. The molecule has 0 heterocycles. The van der Waals surface area contributed by atoms with Crippen molar-refractivity contribution in [1.82, 2.24) is 0 Å². The number of benzene rings is 1. The lowest BCUT2D eigenvalue weighted by Crippen LogP contribution is -2.09. The molecule has 1 atom stereocenters. The minimum absolute atomic E-state index is 0.308. The number of hydrogen-bond acceptors (Lipinski definition) is 2. The number of ether oxygens (including phenoxy) is 1. The average molecular weight is 253 g/mol. The summed E-state index contributed by atoms with van der Waals surface area (Å²) in [5.41, 5.74) is 4.77. The highest BCUT2D eigenvalue weighted by molar-refractivity contribution is 6.25. The Hall–Kier alpha value is -0.990. The molecule has 1 N–H and O–H groups in total. The predicted octanol–water partition coefficient (Wildman–Crippen LogP) is 3.58. The van der Waals surface area contributed by atoms with Gasteiger partial charge in [0, 0.05) is 5.54 Å². The van der Waals surface area contributed by atoms with Gasteiger partial charge in [0.1, 0.15) is 12.4 Å². The molecule has 2 nitrogen and oxygen atoms in total. The van der Waals surface area contributed by atoms with E-state index >= 15 is 0 Å². The van der Waals surface area contributed by atoms with Gasteiger partial charge >= 0.3 is 0 Å². The summed E-state index contributed by atoms with van der Waals surface area (Å²) < 4.78 is 5.63. The second kappa shape index (κ2) is 5.56. The van der Waals surface area contributed by atoms with Crippen molar-refractivity contribution in [2.24, 2.45) is 0 Å². The lowest BCUT2D eigenvalue weighted by Gasteiger charge is -2.21. The highest BCUT2D eigenvalue weighted by Crippen LogP contribution is 2.31. The van der Waals surface area contributed by atoms with Crippen LogP contribution in [-0.4, -0.2) is 11.7 Å². The molecule has 17 heavy (non-hydrogen) atoms. The van der Waals surface area contributed by atoms with Crippen LogP contribution in [0.3, 0.4) is 0 Å². The molecule has 1 aromatic carbocycles. The summed E-state index contributed by atoms with van der Waals surface area (Å²) in [7, 11) is 0. The van der Waals surface area contributed by atoms with Crippen molar-refractivity contribution in [3.05, 3.63) is 40.4 Å². The fourth-order valence-electron chi connectivity index (χ4n) is 2.08. The second-order valence-corrected chi connectivity index (χ2v) is 4.73. The normalized spacial score (nSPS) is 19.9. The minimum atomic E-state index is -0.308. The van der Waals surface area contributed by atoms with E-state index in [1.54, 1.807) is 0 Å². The summed E-state index contributed by atoms with van der Waals surface area (Å²) in [6, 6.07) is 5.91. The smallest absolute Gasteiger partial charge is 0.120 e. The maximum absolute atomic E-state index is 9.84. The Bertz CT molecular complexity index is 426. The van der Waals surface area contributed by atoms with Crippen LogP contribution < -0.4 is 4.74 Å². The van der Waals surface area contributed by atoms with Crippen LogP contribution in [0, 0.1) is 0 Å². The maximum Gasteiger partial charge on any atom is 0.120 e. The molecule has 0 aliphatic heterocycles. The Balaban J connectivity index is 2.11. The zero-order valence-corrected chi connectivity index (χ0v) is 10.7. The van der Waals surface area contributed by atoms with Crippen LogP contribution in [0.25, 0.3) is 0 Å². The molecule has 92 valence electrons. The Morgan fingerprint density at radius 1 is 1.59 bits per heavy atom. The van der Waals surface area contributed by atoms with Gasteiger partial charge in [-0.05, 0) is 55.0 Å². The van der Waals surface area contributed by atoms with Crippen molar-refractivity contribution < 1.29 is 9.84 Å². The molecule has 0 aromatic heterocycles. The van der Waals surface area contributed by atoms with Crippen LogP contribution in [0.4, 0.5) is 0 Å². The van der Waals surface area contributed by atoms with Crippen LogP contribution in [0.15, 0.2) is 29.3 Å². The largest absolute Gasteiger partial charge is 0.489 e. The zero-order chi connectivity index (χ0) is 12.3. The predicted molar refractivity (Wildman–Crippen MR) is 69.4 cm³/mol. The van der Waals surface area contributed by atoms with E-state index in [2.05, 4.69) is 0 Å². The second-order valence-electron chi connectivity index (χ2n) is 4.51. The van der Waals surface area contributed by atoms with E-state index in [4.69, 9.17) is 16.3 Å². The van der Waals surface area contributed by atoms with Crippen molar-refractivity contribution in [3.8, 4) is 5.75 Å². The first kappa shape index (κ1) is 12.5. The van der Waals surface area contributed by atoms with Crippen molar-refractivity contribution >= 4 is 11.6 Å². The Morgan fingerprint density at radius 3 is 3.18 bits per heavy atom. The molecule has 1 aromatic rings. The first-order valence-corrected chi connectivity index (χ1v) is 6.34. The quantitative estimate of drug-likeness (QED) is 0.891. The van der Waals surface area contributed by atoms with E-state index in [-0.39, 0.29) is 6.10 Å². The summed E-state index contributed by atoms with van der Waals surface area (Å²) in [6.45, 7) is 2.43. The molecule has 0 saturated carbocycles. The summed E-state index contributed by atoms with van der Waals surface area (Å²) in [4.78, 5) is 0. The summed E-state index contributed by atoms with van der Waals surface area (Å²) in [5, 5.41) is 9.84. The molecule has 2 rings (SSSR count). The van der Waals surface area contributed by atoms with Gasteiger partial charge in [-0.25, -0.2) is 0 Å². The van der Waals surface area contributed by atoms with Crippen molar-refractivity contribution in [2.45, 2.75) is 32.3 Å². The van der Waals surface area contributed by atoms with E-state index in [1.807, 2.05) is 25.1 Å². The topological polar surface area (TPSA) is 29.5 Å². The third-order valence-corrected chi connectivity index (χ3v) is 3.42. The van der Waals surface area contributed by atoms with Gasteiger partial charge in [0.15, 0.2) is 0 Å². The Morgan fingerprint density at radius 2 is 2.41 bits per heavy atom. The van der Waals surface area contributed by atoms with Gasteiger partial charge in [-0.15, -0.1) is 0 Å². The van der Waals surface area contributed by atoms with Crippen LogP contribution in [-0.2, 0) is 6.42 Å². The van der Waals surface area contributed by atoms with Crippen LogP contribution in [0.1, 0.15) is 37.0 Å². The number of rotatable bonds is 3. The minimum Gasteiger partial charge on any atom is -0.489 e. The molecule has 1 aliphatic carbocycles. The molecular weight excluding hydrogens is 236 g/mol. The lowest BCUT2D eigenvalue weighted by atomic mass is 9.89. The van der Waals surface area contributed by atoms with E-state index < -0.39 is 0 Å². The van der Waals surface area contributed by atoms with Crippen molar-refractivity contribution in [3.63, 3.8) is 0 Å². The van der Waals surface area contributed by atoms with Gasteiger partial charge in [-0.3, -0.25) is 0 Å². The SMILES string of the molecule is C/C(=C/Cl)COc1ccc2c(c1)CCCC2O. The fourth-order valence-corrected chi connectivity index (χ4v) is 2.15. The van der Waals surface area contributed by atoms with Crippen LogP contribution in [0.5, 0.6) is 5.75 Å². The molecule has 0 radical (unpaired) electrons. The highest BCUT2D eigenvalue weighted by atomic mass is 35.5. The summed E-state index contributed by atoms with van der Waals surface area (Å²) in [6.07, 6.45) is 2.62. The molecule has 0 saturated heterocycles. The molecule has 1 unspecified atom stereocenters. The number of aryl methyl sites for hydroxylation is 1. The van der Waals surface area contributed by atoms with E-state index in [9.17, 15) is 5.11 Å². The van der Waals surface area contributed by atoms with Gasteiger partial charge in [0.2, 0.25) is 0 Å². The zero-order valence-electron chi connectivity index (χ0n) is 9.95. The van der Waals surface area contributed by atoms with Crippen molar-refractivity contribution in [2.75, 3.05) is 6.61 Å². The van der Waals surface area contributed by atoms with Gasteiger partial charge in [-0.2, -0.15) is 0 Å². The number of halogens is 1. The highest BCUT2D eigenvalue weighted by Gasteiger charge is 2.17. The van der Waals surface area contributed by atoms with Gasteiger partial charge in [0.25, 0.3) is 0 Å². The maximum atomic E-state index is 9.84. The number of aliphatic hydroxyl groups is 1. The van der Waals surface area contributed by atoms with E-state index in [0.717, 1.165) is 36.1 Å². The fraction of sp³-hybridized carbons (Fsp3) is 0.429. The van der Waals surface area contributed by atoms with Crippen LogP contribution in [0.2, 0.25) is 0 Å². The molecule has 0 bridgehead atoms. The third kappa shape index (κ3) is 3.02. The molecule has 1 aliphatic rings. The van der Waals surface area contributed by atoms with E-state index in [1.165, 1.54) is 11.1 Å². The third-order valence-electron chi connectivity index (χ3n) is 3.05.